The number of hydrogen-bond donors (Lipinski definition) is 2. The molecule has 0 saturated carbocycles. The second-order valence-electron chi connectivity index (χ2n) is 5.15. The van der Waals surface area contributed by atoms with Gasteiger partial charge in [0.25, 0.3) is 0 Å². The topological polar surface area (TPSA) is 58.2 Å². The van der Waals surface area contributed by atoms with E-state index in [1.54, 1.807) is 17.4 Å². The fraction of sp³-hybridized carbons (Fsp3) is 0.429. The largest absolute Gasteiger partial charge is 0.310 e. The molecule has 0 aliphatic heterocycles. The van der Waals surface area contributed by atoms with Gasteiger partial charge in [-0.05, 0) is 40.3 Å². The van der Waals surface area contributed by atoms with E-state index in [-0.39, 0.29) is 0 Å². The SMILES string of the molecule is Cc1cscc1CNS(=O)(=O)c1ccsc1CNC(C)C. The predicted molar refractivity (Wildman–Crippen MR) is 89.4 cm³/mol. The van der Waals surface area contributed by atoms with E-state index in [0.717, 1.165) is 16.0 Å². The lowest BCUT2D eigenvalue weighted by Gasteiger charge is -2.10. The highest BCUT2D eigenvalue weighted by molar-refractivity contribution is 7.89. The van der Waals surface area contributed by atoms with E-state index in [0.29, 0.717) is 24.0 Å². The van der Waals surface area contributed by atoms with Crippen LogP contribution >= 0.6 is 22.7 Å². The van der Waals surface area contributed by atoms with Gasteiger partial charge in [-0.3, -0.25) is 0 Å². The zero-order valence-corrected chi connectivity index (χ0v) is 14.8. The van der Waals surface area contributed by atoms with Gasteiger partial charge < -0.3 is 5.32 Å². The maximum atomic E-state index is 12.4. The van der Waals surface area contributed by atoms with Crippen molar-refractivity contribution < 1.29 is 8.42 Å². The van der Waals surface area contributed by atoms with Crippen molar-refractivity contribution >= 4 is 32.7 Å². The molecule has 2 N–H and O–H groups in total. The summed E-state index contributed by atoms with van der Waals surface area (Å²) in [6.45, 7) is 6.98. The lowest BCUT2D eigenvalue weighted by atomic mass is 10.2. The third-order valence-electron chi connectivity index (χ3n) is 3.08. The van der Waals surface area contributed by atoms with Crippen molar-refractivity contribution in [3.05, 3.63) is 38.2 Å². The van der Waals surface area contributed by atoms with Crippen molar-refractivity contribution in [1.82, 2.24) is 10.0 Å². The summed E-state index contributed by atoms with van der Waals surface area (Å²) in [6, 6.07) is 1.99. The molecule has 0 saturated heterocycles. The van der Waals surface area contributed by atoms with Crippen LogP contribution in [-0.2, 0) is 23.1 Å². The molecule has 0 bridgehead atoms. The Morgan fingerprint density at radius 3 is 2.62 bits per heavy atom. The van der Waals surface area contributed by atoms with Crippen molar-refractivity contribution in [3.8, 4) is 0 Å². The molecule has 116 valence electrons. The summed E-state index contributed by atoms with van der Waals surface area (Å²) in [5.74, 6) is 0. The van der Waals surface area contributed by atoms with Crippen LogP contribution in [0.1, 0.15) is 29.9 Å². The van der Waals surface area contributed by atoms with Crippen LogP contribution < -0.4 is 10.0 Å². The Labute approximate surface area is 134 Å². The van der Waals surface area contributed by atoms with Crippen LogP contribution in [-0.4, -0.2) is 14.5 Å². The average Bonchev–Trinajstić information content (AvgIpc) is 3.03. The molecule has 0 atom stereocenters. The van der Waals surface area contributed by atoms with Gasteiger partial charge in [-0.25, -0.2) is 13.1 Å². The minimum Gasteiger partial charge on any atom is -0.310 e. The molecule has 0 unspecified atom stereocenters. The summed E-state index contributed by atoms with van der Waals surface area (Å²) in [5, 5.41) is 9.08. The van der Waals surface area contributed by atoms with Crippen LogP contribution in [0.5, 0.6) is 0 Å². The van der Waals surface area contributed by atoms with Crippen molar-refractivity contribution in [1.29, 1.82) is 0 Å². The lowest BCUT2D eigenvalue weighted by Crippen LogP contribution is -2.26. The average molecular weight is 345 g/mol. The smallest absolute Gasteiger partial charge is 0.242 e. The molecule has 7 heteroatoms. The van der Waals surface area contributed by atoms with Crippen molar-refractivity contribution in [2.45, 2.75) is 44.8 Å². The Morgan fingerprint density at radius 2 is 2.00 bits per heavy atom. The van der Waals surface area contributed by atoms with Crippen LogP contribution in [0, 0.1) is 6.92 Å². The number of nitrogens with one attached hydrogen (secondary N) is 2. The molecule has 0 fully saturated rings. The van der Waals surface area contributed by atoms with Crippen LogP contribution in [0.3, 0.4) is 0 Å². The summed E-state index contributed by atoms with van der Waals surface area (Å²) in [5.41, 5.74) is 2.15. The summed E-state index contributed by atoms with van der Waals surface area (Å²) >= 11 is 3.05. The first-order valence-corrected chi connectivity index (χ1v) is 10.0. The molecule has 2 rings (SSSR count). The van der Waals surface area contributed by atoms with Gasteiger partial charge in [0.15, 0.2) is 0 Å². The highest BCUT2D eigenvalue weighted by atomic mass is 32.2. The standard InChI is InChI=1S/C14H20N2O2S3/c1-10(2)15-7-13-14(4-5-20-13)21(17,18)16-6-12-9-19-8-11(12)3/h4-5,8-10,15-16H,6-7H2,1-3H3. The fourth-order valence-corrected chi connectivity index (χ4v) is 5.07. The molecule has 0 amide bonds. The second-order valence-corrected chi connectivity index (χ2v) is 8.63. The minimum atomic E-state index is -3.46. The molecule has 2 aromatic heterocycles. The molecule has 0 spiro atoms. The normalized spacial score (nSPS) is 12.2. The van der Waals surface area contributed by atoms with E-state index in [9.17, 15) is 8.42 Å². The quantitative estimate of drug-likeness (QED) is 0.811. The summed E-state index contributed by atoms with van der Waals surface area (Å²) in [7, 11) is -3.46. The summed E-state index contributed by atoms with van der Waals surface area (Å²) < 4.78 is 27.6. The van der Waals surface area contributed by atoms with E-state index < -0.39 is 10.0 Å². The van der Waals surface area contributed by atoms with Crippen molar-refractivity contribution in [2.24, 2.45) is 0 Å². The third-order valence-corrected chi connectivity index (χ3v) is 6.53. The summed E-state index contributed by atoms with van der Waals surface area (Å²) in [4.78, 5) is 1.23. The molecule has 2 heterocycles. The molecular weight excluding hydrogens is 324 g/mol. The van der Waals surface area contributed by atoms with E-state index in [4.69, 9.17) is 0 Å². The number of rotatable bonds is 7. The van der Waals surface area contributed by atoms with Gasteiger partial charge in [-0.2, -0.15) is 11.3 Å². The predicted octanol–water partition coefficient (Wildman–Crippen LogP) is 3.09. The lowest BCUT2D eigenvalue weighted by molar-refractivity contribution is 0.571. The number of hydrogen-bond acceptors (Lipinski definition) is 5. The van der Waals surface area contributed by atoms with Crippen molar-refractivity contribution in [3.63, 3.8) is 0 Å². The number of thiophene rings is 2. The van der Waals surface area contributed by atoms with Gasteiger partial charge in [0.2, 0.25) is 10.0 Å². The van der Waals surface area contributed by atoms with Gasteiger partial charge in [0.05, 0.1) is 4.90 Å². The van der Waals surface area contributed by atoms with Gasteiger partial charge in [0.1, 0.15) is 0 Å². The second kappa shape index (κ2) is 7.02. The van der Waals surface area contributed by atoms with E-state index in [2.05, 4.69) is 10.0 Å². The maximum absolute atomic E-state index is 12.4. The molecule has 4 nitrogen and oxygen atoms in total. The number of aryl methyl sites for hydroxylation is 1. The molecule has 2 aromatic rings. The molecule has 0 aliphatic rings. The third kappa shape index (κ3) is 4.37. The first-order valence-electron chi connectivity index (χ1n) is 6.71. The highest BCUT2D eigenvalue weighted by Crippen LogP contribution is 2.22. The molecule has 0 radical (unpaired) electrons. The summed E-state index contributed by atoms with van der Waals surface area (Å²) in [6.07, 6.45) is 0. The molecular formula is C14H20N2O2S3. The van der Waals surface area contributed by atoms with Gasteiger partial charge >= 0.3 is 0 Å². The molecule has 0 aromatic carbocycles. The molecule has 21 heavy (non-hydrogen) atoms. The zero-order chi connectivity index (χ0) is 15.5. The van der Waals surface area contributed by atoms with Crippen LogP contribution in [0.15, 0.2) is 27.1 Å². The molecule has 0 aliphatic carbocycles. The first kappa shape index (κ1) is 16.6. The zero-order valence-electron chi connectivity index (χ0n) is 12.3. The van der Waals surface area contributed by atoms with Crippen LogP contribution in [0.2, 0.25) is 0 Å². The van der Waals surface area contributed by atoms with E-state index in [1.165, 1.54) is 11.3 Å². The fourth-order valence-electron chi connectivity index (χ4n) is 1.81. The minimum absolute atomic E-state index is 0.323. The van der Waals surface area contributed by atoms with Crippen LogP contribution in [0.4, 0.5) is 0 Å². The van der Waals surface area contributed by atoms with Gasteiger partial charge in [0, 0.05) is 24.0 Å². The maximum Gasteiger partial charge on any atom is 0.242 e. The highest BCUT2D eigenvalue weighted by Gasteiger charge is 2.19. The van der Waals surface area contributed by atoms with E-state index in [1.807, 2.05) is 36.9 Å². The van der Waals surface area contributed by atoms with E-state index >= 15 is 0 Å². The Kier molecular flexibility index (Phi) is 5.56. The van der Waals surface area contributed by atoms with Crippen LogP contribution in [0.25, 0.3) is 0 Å². The van der Waals surface area contributed by atoms with Crippen molar-refractivity contribution in [2.75, 3.05) is 0 Å². The van der Waals surface area contributed by atoms with Gasteiger partial charge in [-0.15, -0.1) is 11.3 Å². The Bertz CT molecular complexity index is 687. The first-order chi connectivity index (χ1) is 9.90. The van der Waals surface area contributed by atoms with Gasteiger partial charge in [-0.1, -0.05) is 13.8 Å². The Hall–Kier alpha value is -0.730. The number of sulfonamides is 1. The Balaban J connectivity index is 2.09. The Morgan fingerprint density at radius 1 is 1.24 bits per heavy atom. The monoisotopic (exact) mass is 344 g/mol.